The molecule has 2 heterocycles. The fraction of sp³-hybridized carbons (Fsp3) is 0.959. The van der Waals surface area contributed by atoms with Crippen LogP contribution >= 0.6 is 0 Å². The van der Waals surface area contributed by atoms with E-state index in [1.165, 1.54) is 70.6 Å². The summed E-state index contributed by atoms with van der Waals surface area (Å²) in [5.41, 5.74) is 2.53. The van der Waals surface area contributed by atoms with Gasteiger partial charge >= 0.3 is 11.7 Å². The average Bonchev–Trinajstić information content (AvgIpc) is 4.03. The number of nitrogens with zero attached hydrogens (tertiary/aromatic N) is 1. The number of carboxylic acid groups (broad SMARTS) is 1. The molecule has 0 radical (unpaired) electrons. The van der Waals surface area contributed by atoms with Gasteiger partial charge in [0.15, 0.2) is 15.7 Å². The zero-order valence-electron chi connectivity index (χ0n) is 59.7. The van der Waals surface area contributed by atoms with Crippen LogP contribution in [0.2, 0.25) is 0 Å². The van der Waals surface area contributed by atoms with Crippen LogP contribution in [0.3, 0.4) is 0 Å². The highest BCUT2D eigenvalue weighted by atomic mass is 32.2. The summed E-state index contributed by atoms with van der Waals surface area (Å²) in [5, 5.41) is 41.3. The van der Waals surface area contributed by atoms with Gasteiger partial charge in [0.05, 0.1) is 34.2 Å². The lowest BCUT2D eigenvalue weighted by Crippen LogP contribution is -2.43. The van der Waals surface area contributed by atoms with Crippen molar-refractivity contribution in [2.45, 2.75) is 357 Å². The van der Waals surface area contributed by atoms with Crippen molar-refractivity contribution in [1.82, 2.24) is 10.1 Å². The second kappa shape index (κ2) is 30.1. The summed E-state index contributed by atoms with van der Waals surface area (Å²) in [7, 11) is -2.61. The smallest absolute Gasteiger partial charge is 0.438 e. The van der Waals surface area contributed by atoms with Gasteiger partial charge in [0.1, 0.15) is 0 Å². The van der Waals surface area contributed by atoms with E-state index in [2.05, 4.69) is 181 Å². The number of nitrogens with one attached hydrogen (secondary N) is 1. The van der Waals surface area contributed by atoms with E-state index in [1.54, 1.807) is 0 Å². The molecule has 1 unspecified atom stereocenters. The highest BCUT2D eigenvalue weighted by Crippen LogP contribution is 2.67. The Kier molecular flexibility index (Phi) is 28.8. The summed E-state index contributed by atoms with van der Waals surface area (Å²) in [4.78, 5) is 23.9. The number of rotatable bonds is 6. The van der Waals surface area contributed by atoms with E-state index < -0.39 is 21.6 Å². The van der Waals surface area contributed by atoms with E-state index in [0.29, 0.717) is 50.8 Å². The Morgan fingerprint density at radius 3 is 1.08 bits per heavy atom. The summed E-state index contributed by atoms with van der Waals surface area (Å²) in [6.45, 7) is 57.3. The molecule has 5 N–H and O–H groups in total. The van der Waals surface area contributed by atoms with Crippen LogP contribution in [0.5, 0.6) is 0 Å². The summed E-state index contributed by atoms with van der Waals surface area (Å²) < 4.78 is 26.0. The number of aromatic nitrogens is 2. The Hall–Kier alpha value is -1.76. The third kappa shape index (κ3) is 31.7. The molecule has 1 aromatic rings. The van der Waals surface area contributed by atoms with Gasteiger partial charge in [-0.15, -0.1) is 0 Å². The molecule has 1 atom stereocenters. The molecule has 8 aliphatic rings. The lowest BCUT2D eigenvalue weighted by atomic mass is 9.63. The van der Waals surface area contributed by atoms with Crippen molar-refractivity contribution < 1.29 is 38.2 Å². The third-order valence-corrected chi connectivity index (χ3v) is 21.1. The molecule has 1 spiro atoms. The highest BCUT2D eigenvalue weighted by Gasteiger charge is 2.58. The van der Waals surface area contributed by atoms with E-state index in [-0.39, 0.29) is 57.2 Å². The van der Waals surface area contributed by atoms with Crippen molar-refractivity contribution in [3.05, 3.63) is 16.4 Å². The summed E-state index contributed by atoms with van der Waals surface area (Å²) in [5.74, 6) is 3.34. The third-order valence-electron chi connectivity index (χ3n) is 19.3. The van der Waals surface area contributed by atoms with Crippen LogP contribution in [-0.2, 0) is 20.0 Å². The van der Waals surface area contributed by atoms with Gasteiger partial charge in [-0.3, -0.25) is 14.3 Å². The number of aliphatic hydroxyl groups is 3. The van der Waals surface area contributed by atoms with E-state index in [0.717, 1.165) is 94.3 Å². The van der Waals surface area contributed by atoms with Crippen molar-refractivity contribution in [2.24, 2.45) is 78.3 Å². The van der Waals surface area contributed by atoms with Crippen molar-refractivity contribution >= 4 is 15.8 Å². The van der Waals surface area contributed by atoms with Crippen LogP contribution in [0.4, 0.5) is 0 Å². The lowest BCUT2D eigenvalue weighted by Gasteiger charge is -2.41. The first-order valence-electron chi connectivity index (χ1n) is 33.5. The molecule has 1 saturated heterocycles. The van der Waals surface area contributed by atoms with Crippen LogP contribution < -0.4 is 5.76 Å². The molecule has 7 saturated carbocycles. The standard InChI is InChI=1S/C12H22.C10H18N2O2.C9H16O2.2C9H18O.C8H16O.C8H16.C7H14O2S.CH4/c1-11(2,3)10-9-12(10)7-5-4-6-8-12;1-9(2,3)6-10(4,5)7-11-8(13)14-12-7;1-9(2,3)7-4-6(5-7)8(10)11;2*1-8(2,3)7-9(10)5-4-6-9;1-7(2,3)6-8(9)4-5-8;1-8(2,3)7-5-4-6-7;1-7(2,3)6-4-10(8,9)5-6;/h10H,4-9H2,1-3H3;6H2,1-5H3,(H,11,12,13);6-7H,4-5H2,1-3H3,(H,10,11);2*10H,4-7H2,1-3H3;9H,4-6H2,1-3H3;7H,4-6H2,1-3H3;6H,4-5H2,1-3H3;1H4. The molecule has 8 fully saturated rings. The Labute approximate surface area is 525 Å². The monoisotopic (exact) mass is 1220 g/mol. The van der Waals surface area contributed by atoms with Gasteiger partial charge in [0.25, 0.3) is 0 Å². The first-order chi connectivity index (χ1) is 37.3. The maximum absolute atomic E-state index is 10.8. The van der Waals surface area contributed by atoms with Crippen molar-refractivity contribution in [1.29, 1.82) is 0 Å². The minimum Gasteiger partial charge on any atom is -0.481 e. The minimum atomic E-state index is -2.61. The Balaban J connectivity index is 0.000000487. The van der Waals surface area contributed by atoms with Gasteiger partial charge in [-0.2, -0.15) is 0 Å². The summed E-state index contributed by atoms with van der Waals surface area (Å²) in [6, 6.07) is 0. The second-order valence-electron chi connectivity index (χ2n) is 38.4. The topological polar surface area (TPSA) is 191 Å². The first-order valence-corrected chi connectivity index (χ1v) is 35.3. The SMILES string of the molecule is C.CC(C)(C)C1CC(C(=O)O)C1.CC(C)(C)C1CC12CCCCC2.CC(C)(C)C1CCC1.CC(C)(C)C1CS(=O)(=O)C1.CC(C)(C)CC(C)(C)c1noc(=O)[nH]1.CC(C)(C)CC1(O)CC1.CC(C)(C)CC1(O)CCC1.CC(C)(C)CC1(O)CCC1. The number of hydrogen-bond acceptors (Lipinski definition) is 9. The van der Waals surface area contributed by atoms with E-state index >= 15 is 0 Å². The van der Waals surface area contributed by atoms with Crippen molar-refractivity contribution in [3.63, 3.8) is 0 Å². The van der Waals surface area contributed by atoms with Gasteiger partial charge < -0.3 is 20.4 Å². The highest BCUT2D eigenvalue weighted by molar-refractivity contribution is 7.92. The van der Waals surface area contributed by atoms with Gasteiger partial charge in [-0.05, 0) is 194 Å². The molecule has 0 bridgehead atoms. The Morgan fingerprint density at radius 1 is 0.518 bits per heavy atom. The predicted octanol–water partition coefficient (Wildman–Crippen LogP) is 19.4. The number of hydrogen-bond donors (Lipinski definition) is 5. The minimum absolute atomic E-state index is 0. The van der Waals surface area contributed by atoms with Gasteiger partial charge in [-0.1, -0.05) is 218 Å². The van der Waals surface area contributed by atoms with Gasteiger partial charge in [-0.25, -0.2) is 13.2 Å². The number of aromatic amines is 1. The molecule has 12 heteroatoms. The molecular formula is C73H142N2O9S. The Morgan fingerprint density at radius 2 is 0.894 bits per heavy atom. The van der Waals surface area contributed by atoms with E-state index in [1.807, 2.05) is 13.8 Å². The van der Waals surface area contributed by atoms with Crippen LogP contribution in [0.15, 0.2) is 9.32 Å². The van der Waals surface area contributed by atoms with E-state index in [9.17, 15) is 33.3 Å². The van der Waals surface area contributed by atoms with Crippen LogP contribution in [0.1, 0.15) is 341 Å². The molecule has 11 nitrogen and oxygen atoms in total. The zero-order chi connectivity index (χ0) is 65.4. The normalized spacial score (nSPS) is 24.4. The maximum atomic E-state index is 10.8. The molecule has 9 rings (SSSR count). The van der Waals surface area contributed by atoms with Gasteiger partial charge in [0.2, 0.25) is 0 Å². The summed E-state index contributed by atoms with van der Waals surface area (Å²) >= 11 is 0. The number of carbonyl (C=O) groups is 1. The predicted molar refractivity (Wildman–Crippen MR) is 360 cm³/mol. The number of aliphatic carboxylic acids is 1. The number of sulfone groups is 1. The van der Waals surface area contributed by atoms with Crippen LogP contribution in [-0.4, -0.2) is 73.3 Å². The second-order valence-corrected chi connectivity index (χ2v) is 40.6. The molecular weight excluding hydrogens is 1080 g/mol. The lowest BCUT2D eigenvalue weighted by molar-refractivity contribution is -0.148. The fourth-order valence-corrected chi connectivity index (χ4v) is 16.1. The molecule has 1 aliphatic heterocycles. The maximum Gasteiger partial charge on any atom is 0.438 e. The molecule has 85 heavy (non-hydrogen) atoms. The quantitative estimate of drug-likeness (QED) is 0.183. The van der Waals surface area contributed by atoms with E-state index in [4.69, 9.17) is 5.11 Å². The average molecular weight is 1220 g/mol. The molecule has 0 amide bonds. The zero-order valence-corrected chi connectivity index (χ0v) is 60.6. The largest absolute Gasteiger partial charge is 0.481 e. The first kappa shape index (κ1) is 81.3. The molecule has 7 aliphatic carbocycles. The molecule has 1 aromatic heterocycles. The van der Waals surface area contributed by atoms with Gasteiger partial charge in [0, 0.05) is 5.41 Å². The van der Waals surface area contributed by atoms with Crippen molar-refractivity contribution in [3.8, 4) is 0 Å². The Bertz CT molecular complexity index is 2230. The van der Waals surface area contributed by atoms with Crippen molar-refractivity contribution in [2.75, 3.05) is 11.5 Å². The summed E-state index contributed by atoms with van der Waals surface area (Å²) in [6.07, 6.45) is 27.6. The molecule has 0 aromatic carbocycles. The fourth-order valence-electron chi connectivity index (χ4n) is 14.0. The number of carboxylic acids is 1. The van der Waals surface area contributed by atoms with Crippen LogP contribution in [0.25, 0.3) is 0 Å². The van der Waals surface area contributed by atoms with Crippen LogP contribution in [0, 0.1) is 78.3 Å². The number of H-pyrrole nitrogens is 1. The molecule has 504 valence electrons.